The van der Waals surface area contributed by atoms with Crippen LogP contribution in [-0.4, -0.2) is 71.9 Å². The van der Waals surface area contributed by atoms with Gasteiger partial charge in [-0.05, 0) is 35.5 Å². The Labute approximate surface area is 154 Å². The lowest BCUT2D eigenvalue weighted by Gasteiger charge is -2.26. The number of rotatable bonds is 4. The van der Waals surface area contributed by atoms with Crippen molar-refractivity contribution in [1.82, 2.24) is 9.80 Å². The number of carbonyl (C=O) groups is 3. The van der Waals surface area contributed by atoms with Crippen LogP contribution in [0.15, 0.2) is 23.1 Å². The van der Waals surface area contributed by atoms with Crippen LogP contribution in [0.2, 0.25) is 0 Å². The van der Waals surface area contributed by atoms with E-state index in [2.05, 4.69) is 0 Å². The molecule has 2 saturated heterocycles. The predicted octanol–water partition coefficient (Wildman–Crippen LogP) is 1.30. The van der Waals surface area contributed by atoms with E-state index < -0.39 is 17.1 Å². The van der Waals surface area contributed by atoms with Gasteiger partial charge >= 0.3 is 0 Å². The van der Waals surface area contributed by atoms with Crippen LogP contribution in [0.4, 0.5) is 4.79 Å². The summed E-state index contributed by atoms with van der Waals surface area (Å²) in [5, 5.41) is 9.02. The molecule has 3 rings (SSSR count). The first kappa shape index (κ1) is 18.4. The van der Waals surface area contributed by atoms with E-state index in [0.29, 0.717) is 48.5 Å². The Morgan fingerprint density at radius 3 is 2.77 bits per heavy atom. The van der Waals surface area contributed by atoms with E-state index in [1.165, 1.54) is 19.3 Å². The first-order valence-corrected chi connectivity index (χ1v) is 8.79. The number of amides is 3. The minimum Gasteiger partial charge on any atom is -0.504 e. The molecule has 0 atom stereocenters. The Hall–Kier alpha value is -2.36. The van der Waals surface area contributed by atoms with Crippen LogP contribution >= 0.6 is 11.8 Å². The van der Waals surface area contributed by atoms with Crippen LogP contribution in [0.3, 0.4) is 0 Å². The van der Waals surface area contributed by atoms with Crippen molar-refractivity contribution in [1.29, 1.82) is 0 Å². The van der Waals surface area contributed by atoms with E-state index in [4.69, 9.17) is 9.47 Å². The van der Waals surface area contributed by atoms with Gasteiger partial charge in [-0.15, -0.1) is 0 Å². The summed E-state index contributed by atoms with van der Waals surface area (Å²) < 4.78 is 10.2. The maximum absolute atomic E-state index is 12.5. The molecular formula is C17H18N2O6S. The quantitative estimate of drug-likeness (QED) is 0.783. The van der Waals surface area contributed by atoms with Gasteiger partial charge in [-0.3, -0.25) is 19.3 Å². The highest BCUT2D eigenvalue weighted by atomic mass is 32.2. The zero-order chi connectivity index (χ0) is 18.7. The second-order valence-corrected chi connectivity index (χ2v) is 6.72. The third kappa shape index (κ3) is 3.90. The van der Waals surface area contributed by atoms with Crippen molar-refractivity contribution < 1.29 is 29.0 Å². The lowest BCUT2D eigenvalue weighted by molar-refractivity contribution is -0.138. The number of hydrogen-bond donors (Lipinski definition) is 1. The molecule has 2 aliphatic rings. The second kappa shape index (κ2) is 7.90. The van der Waals surface area contributed by atoms with Crippen LogP contribution < -0.4 is 4.74 Å². The van der Waals surface area contributed by atoms with Gasteiger partial charge in [0.1, 0.15) is 0 Å². The van der Waals surface area contributed by atoms with E-state index in [-0.39, 0.29) is 22.9 Å². The molecule has 0 unspecified atom stereocenters. The molecule has 1 aromatic rings. The zero-order valence-corrected chi connectivity index (χ0v) is 15.0. The van der Waals surface area contributed by atoms with E-state index in [1.54, 1.807) is 12.1 Å². The maximum atomic E-state index is 12.5. The number of aromatic hydroxyl groups is 1. The van der Waals surface area contributed by atoms with E-state index in [1.807, 2.05) is 4.90 Å². The molecule has 0 radical (unpaired) electrons. The minimum absolute atomic E-state index is 0.00170. The van der Waals surface area contributed by atoms with Crippen LogP contribution in [0.1, 0.15) is 5.56 Å². The summed E-state index contributed by atoms with van der Waals surface area (Å²) in [5.74, 6) is -0.953. The van der Waals surface area contributed by atoms with Crippen molar-refractivity contribution in [3.05, 3.63) is 28.7 Å². The number of ether oxygens (including phenoxy) is 2. The fraction of sp³-hybridized carbons (Fsp3) is 0.353. The molecule has 2 fully saturated rings. The number of methoxy groups -OCH3 is 1. The van der Waals surface area contributed by atoms with Gasteiger partial charge in [0.05, 0.1) is 31.8 Å². The van der Waals surface area contributed by atoms with Crippen LogP contribution in [0.5, 0.6) is 11.5 Å². The average molecular weight is 378 g/mol. The summed E-state index contributed by atoms with van der Waals surface area (Å²) in [7, 11) is 1.41. The number of phenolic OH excluding ortho intramolecular Hbond substituents is 1. The molecule has 2 heterocycles. The highest BCUT2D eigenvalue weighted by molar-refractivity contribution is 8.18. The zero-order valence-electron chi connectivity index (χ0n) is 14.1. The molecule has 0 spiro atoms. The van der Waals surface area contributed by atoms with Gasteiger partial charge in [-0.1, -0.05) is 6.07 Å². The van der Waals surface area contributed by atoms with E-state index in [0.717, 1.165) is 0 Å². The summed E-state index contributed by atoms with van der Waals surface area (Å²) in [6.07, 6.45) is 1.49. The Morgan fingerprint density at radius 2 is 2.08 bits per heavy atom. The van der Waals surface area contributed by atoms with Gasteiger partial charge in [0.25, 0.3) is 17.1 Å². The van der Waals surface area contributed by atoms with Crippen molar-refractivity contribution in [2.75, 3.05) is 40.0 Å². The molecule has 0 bridgehead atoms. The molecule has 2 aliphatic heterocycles. The first-order valence-electron chi connectivity index (χ1n) is 7.97. The van der Waals surface area contributed by atoms with Gasteiger partial charge in [-0.25, -0.2) is 4.90 Å². The number of imide groups is 3. The van der Waals surface area contributed by atoms with Crippen LogP contribution in [-0.2, 0) is 14.3 Å². The molecule has 0 aliphatic carbocycles. The molecule has 1 aromatic carbocycles. The fourth-order valence-corrected chi connectivity index (χ4v) is 3.48. The van der Waals surface area contributed by atoms with Crippen molar-refractivity contribution >= 4 is 34.9 Å². The summed E-state index contributed by atoms with van der Waals surface area (Å²) in [6.45, 7) is 2.23. The lowest BCUT2D eigenvalue weighted by Crippen LogP contribution is -2.46. The molecule has 0 aromatic heterocycles. The second-order valence-electron chi connectivity index (χ2n) is 5.73. The number of nitrogens with zero attached hydrogens (tertiary/aromatic N) is 2. The Balaban J connectivity index is 1.74. The highest BCUT2D eigenvalue weighted by Crippen LogP contribution is 2.34. The summed E-state index contributed by atoms with van der Waals surface area (Å²) in [4.78, 5) is 39.7. The number of morpholine rings is 1. The normalized spacial score (nSPS) is 20.0. The van der Waals surface area contributed by atoms with Crippen molar-refractivity contribution in [3.8, 4) is 11.5 Å². The molecule has 3 amide bonds. The molecule has 9 heteroatoms. The summed E-state index contributed by atoms with van der Waals surface area (Å²) in [5.41, 5.74) is 0.575. The molecule has 1 N–H and O–H groups in total. The smallest absolute Gasteiger partial charge is 0.300 e. The van der Waals surface area contributed by atoms with Gasteiger partial charge in [0, 0.05) is 13.1 Å². The highest BCUT2D eigenvalue weighted by Gasteiger charge is 2.40. The number of hydrogen-bond acceptors (Lipinski definition) is 8. The first-order chi connectivity index (χ1) is 12.5. The van der Waals surface area contributed by atoms with E-state index in [9.17, 15) is 19.5 Å². The third-order valence-electron chi connectivity index (χ3n) is 4.01. The monoisotopic (exact) mass is 378 g/mol. The largest absolute Gasteiger partial charge is 0.504 e. The molecule has 8 nitrogen and oxygen atoms in total. The van der Waals surface area contributed by atoms with Gasteiger partial charge in [0.15, 0.2) is 11.5 Å². The topological polar surface area (TPSA) is 96.4 Å². The average Bonchev–Trinajstić information content (AvgIpc) is 2.91. The predicted molar refractivity (Wildman–Crippen MR) is 94.7 cm³/mol. The number of thioether (sulfide) groups is 1. The Bertz CT molecular complexity index is 773. The SMILES string of the molecule is COc1cc(/C=C2\SC(=O)N(C(=O)CN3CCOCC3)C2=O)ccc1O. The Kier molecular flexibility index (Phi) is 5.60. The molecule has 138 valence electrons. The van der Waals surface area contributed by atoms with E-state index >= 15 is 0 Å². The van der Waals surface area contributed by atoms with Crippen molar-refractivity contribution in [2.45, 2.75) is 0 Å². The number of phenols is 1. The number of carbonyl (C=O) groups excluding carboxylic acids is 3. The summed E-state index contributed by atoms with van der Waals surface area (Å²) in [6, 6.07) is 4.55. The fourth-order valence-electron chi connectivity index (χ4n) is 2.64. The van der Waals surface area contributed by atoms with Gasteiger partial charge in [-0.2, -0.15) is 0 Å². The van der Waals surface area contributed by atoms with Crippen molar-refractivity contribution in [3.63, 3.8) is 0 Å². The summed E-state index contributed by atoms with van der Waals surface area (Å²) >= 11 is 0.716. The minimum atomic E-state index is -0.634. The number of benzene rings is 1. The maximum Gasteiger partial charge on any atom is 0.300 e. The van der Waals surface area contributed by atoms with Crippen LogP contribution in [0, 0.1) is 0 Å². The standard InChI is InChI=1S/C17H18N2O6S/c1-24-13-8-11(2-3-12(13)20)9-14-16(22)19(17(23)26-14)15(21)10-18-4-6-25-7-5-18/h2-3,8-9,20H,4-7,10H2,1H3/b14-9-. The third-order valence-corrected chi connectivity index (χ3v) is 4.88. The lowest BCUT2D eigenvalue weighted by atomic mass is 10.2. The van der Waals surface area contributed by atoms with Gasteiger partial charge < -0.3 is 14.6 Å². The van der Waals surface area contributed by atoms with Crippen LogP contribution in [0.25, 0.3) is 6.08 Å². The Morgan fingerprint density at radius 1 is 1.35 bits per heavy atom. The molecule has 26 heavy (non-hydrogen) atoms. The molecular weight excluding hydrogens is 360 g/mol. The van der Waals surface area contributed by atoms with Gasteiger partial charge in [0.2, 0.25) is 0 Å². The molecule has 0 saturated carbocycles. The van der Waals surface area contributed by atoms with Crippen molar-refractivity contribution in [2.24, 2.45) is 0 Å².